The van der Waals surface area contributed by atoms with Crippen LogP contribution >= 0.6 is 0 Å². The Morgan fingerprint density at radius 1 is 1.08 bits per heavy atom. The van der Waals surface area contributed by atoms with E-state index in [-0.39, 0.29) is 0 Å². The van der Waals surface area contributed by atoms with Crippen molar-refractivity contribution in [3.63, 3.8) is 0 Å². The lowest BCUT2D eigenvalue weighted by molar-refractivity contribution is 0.188. The molecule has 0 aliphatic carbocycles. The van der Waals surface area contributed by atoms with Crippen LogP contribution in [0, 0.1) is 5.92 Å². The molecule has 3 atom stereocenters. The predicted molar refractivity (Wildman–Crippen MR) is 44.5 cm³/mol. The number of rotatable bonds is 6. The molecule has 0 aliphatic rings. The zero-order valence-corrected chi connectivity index (χ0v) is 7.69. The molecule has 3 unspecified atom stereocenters. The largest absolute Gasteiger partial charge is 0.251 e. The second kappa shape index (κ2) is 6.32. The SMILES string of the molecule is CC(F)CCCC(CF)C(C)F. The first kappa shape index (κ1) is 11.8. The van der Waals surface area contributed by atoms with Gasteiger partial charge < -0.3 is 0 Å². The van der Waals surface area contributed by atoms with Crippen molar-refractivity contribution in [3.8, 4) is 0 Å². The molecule has 0 fully saturated rings. The van der Waals surface area contributed by atoms with E-state index in [2.05, 4.69) is 0 Å². The summed E-state index contributed by atoms with van der Waals surface area (Å²) >= 11 is 0. The highest BCUT2D eigenvalue weighted by atomic mass is 19.1. The van der Waals surface area contributed by atoms with E-state index in [9.17, 15) is 13.2 Å². The van der Waals surface area contributed by atoms with Gasteiger partial charge in [0.2, 0.25) is 0 Å². The van der Waals surface area contributed by atoms with Crippen LogP contribution in [0.2, 0.25) is 0 Å². The van der Waals surface area contributed by atoms with Gasteiger partial charge in [0.1, 0.15) is 6.17 Å². The number of hydrogen-bond acceptors (Lipinski definition) is 0. The molecule has 0 radical (unpaired) electrons. The fourth-order valence-electron chi connectivity index (χ4n) is 1.09. The lowest BCUT2D eigenvalue weighted by atomic mass is 9.98. The summed E-state index contributed by atoms with van der Waals surface area (Å²) in [6.45, 7) is 2.17. The van der Waals surface area contributed by atoms with Crippen LogP contribution in [-0.4, -0.2) is 19.0 Å². The van der Waals surface area contributed by atoms with E-state index >= 15 is 0 Å². The van der Waals surface area contributed by atoms with Crippen molar-refractivity contribution in [3.05, 3.63) is 0 Å². The second-order valence-corrected chi connectivity index (χ2v) is 3.30. The van der Waals surface area contributed by atoms with Crippen LogP contribution in [0.25, 0.3) is 0 Å². The van der Waals surface area contributed by atoms with Crippen molar-refractivity contribution in [1.82, 2.24) is 0 Å². The van der Waals surface area contributed by atoms with E-state index in [0.29, 0.717) is 19.3 Å². The molecule has 0 N–H and O–H groups in total. The molecule has 12 heavy (non-hydrogen) atoms. The van der Waals surface area contributed by atoms with Gasteiger partial charge in [-0.05, 0) is 26.7 Å². The third-order valence-electron chi connectivity index (χ3n) is 2.02. The summed E-state index contributed by atoms with van der Waals surface area (Å²) in [4.78, 5) is 0. The normalized spacial score (nSPS) is 18.8. The minimum atomic E-state index is -1.12. The highest BCUT2D eigenvalue weighted by Gasteiger charge is 2.16. The van der Waals surface area contributed by atoms with E-state index in [1.807, 2.05) is 0 Å². The van der Waals surface area contributed by atoms with Gasteiger partial charge in [0.05, 0.1) is 12.8 Å². The van der Waals surface area contributed by atoms with Crippen LogP contribution in [0.1, 0.15) is 33.1 Å². The molecule has 0 aromatic rings. The van der Waals surface area contributed by atoms with Gasteiger partial charge >= 0.3 is 0 Å². The molecule has 0 bridgehead atoms. The first-order valence-corrected chi connectivity index (χ1v) is 4.42. The van der Waals surface area contributed by atoms with Gasteiger partial charge in [0.25, 0.3) is 0 Å². The minimum Gasteiger partial charge on any atom is -0.251 e. The van der Waals surface area contributed by atoms with Crippen LogP contribution in [0.3, 0.4) is 0 Å². The third-order valence-corrected chi connectivity index (χ3v) is 2.02. The van der Waals surface area contributed by atoms with Gasteiger partial charge in [-0.1, -0.05) is 6.42 Å². The molecule has 3 heteroatoms. The van der Waals surface area contributed by atoms with Gasteiger partial charge in [-0.2, -0.15) is 0 Å². The first-order valence-electron chi connectivity index (χ1n) is 4.42. The third kappa shape index (κ3) is 5.44. The molecule has 0 saturated carbocycles. The van der Waals surface area contributed by atoms with Crippen molar-refractivity contribution in [2.45, 2.75) is 45.5 Å². The van der Waals surface area contributed by atoms with Crippen molar-refractivity contribution in [1.29, 1.82) is 0 Å². The Balaban J connectivity index is 3.45. The minimum absolute atomic E-state index is 0.406. The summed E-state index contributed by atoms with van der Waals surface area (Å²) in [5, 5.41) is 0. The maximum absolute atomic E-state index is 12.6. The van der Waals surface area contributed by atoms with E-state index in [0.717, 1.165) is 0 Å². The quantitative estimate of drug-likeness (QED) is 0.590. The fraction of sp³-hybridized carbons (Fsp3) is 1.00. The topological polar surface area (TPSA) is 0 Å². The Morgan fingerprint density at radius 2 is 1.67 bits per heavy atom. The van der Waals surface area contributed by atoms with Crippen molar-refractivity contribution in [2.24, 2.45) is 5.92 Å². The van der Waals surface area contributed by atoms with E-state index in [4.69, 9.17) is 0 Å². The zero-order chi connectivity index (χ0) is 9.56. The number of halogens is 3. The molecule has 0 aromatic heterocycles. The molecule has 0 amide bonds. The van der Waals surface area contributed by atoms with Crippen LogP contribution in [0.15, 0.2) is 0 Å². The van der Waals surface area contributed by atoms with E-state index < -0.39 is 24.9 Å². The molecular formula is C9H17F3. The maximum Gasteiger partial charge on any atom is 0.103 e. The molecule has 0 spiro atoms. The summed E-state index contributed by atoms with van der Waals surface area (Å²) < 4.78 is 36.9. The number of alkyl halides is 3. The molecule has 0 saturated heterocycles. The molecule has 0 aliphatic heterocycles. The first-order chi connectivity index (χ1) is 5.57. The average molecular weight is 182 g/mol. The lowest BCUT2D eigenvalue weighted by Gasteiger charge is -2.13. The molecule has 0 nitrogen and oxygen atoms in total. The Bertz CT molecular complexity index is 102. The van der Waals surface area contributed by atoms with Crippen molar-refractivity contribution >= 4 is 0 Å². The Kier molecular flexibility index (Phi) is 6.21. The van der Waals surface area contributed by atoms with Gasteiger partial charge in [-0.15, -0.1) is 0 Å². The standard InChI is InChI=1S/C9H17F3/c1-7(11)4-3-5-9(6-10)8(2)12/h7-9H,3-6H2,1-2H3. The van der Waals surface area contributed by atoms with Gasteiger partial charge in [0.15, 0.2) is 0 Å². The van der Waals surface area contributed by atoms with Crippen LogP contribution in [0.5, 0.6) is 0 Å². The van der Waals surface area contributed by atoms with Crippen molar-refractivity contribution in [2.75, 3.05) is 6.67 Å². The molecular weight excluding hydrogens is 165 g/mol. The molecule has 0 aromatic carbocycles. The van der Waals surface area contributed by atoms with Crippen LogP contribution in [-0.2, 0) is 0 Å². The van der Waals surface area contributed by atoms with Gasteiger partial charge in [0, 0.05) is 5.92 Å². The summed E-state index contributed by atoms with van der Waals surface area (Å²) in [5.74, 6) is -0.538. The summed E-state index contributed by atoms with van der Waals surface area (Å²) in [6, 6.07) is 0. The monoisotopic (exact) mass is 182 g/mol. The van der Waals surface area contributed by atoms with Crippen LogP contribution < -0.4 is 0 Å². The summed E-state index contributed by atoms with van der Waals surface area (Å²) in [6.07, 6.45) is -0.559. The number of hydrogen-bond donors (Lipinski definition) is 0. The fourth-order valence-corrected chi connectivity index (χ4v) is 1.09. The molecule has 74 valence electrons. The van der Waals surface area contributed by atoms with Crippen molar-refractivity contribution < 1.29 is 13.2 Å². The Morgan fingerprint density at radius 3 is 2.00 bits per heavy atom. The smallest absolute Gasteiger partial charge is 0.103 e. The maximum atomic E-state index is 12.6. The van der Waals surface area contributed by atoms with E-state index in [1.54, 1.807) is 0 Å². The van der Waals surface area contributed by atoms with Gasteiger partial charge in [-0.3, -0.25) is 4.39 Å². The van der Waals surface area contributed by atoms with Gasteiger partial charge in [-0.25, -0.2) is 8.78 Å². The molecule has 0 heterocycles. The van der Waals surface area contributed by atoms with Crippen LogP contribution in [0.4, 0.5) is 13.2 Å². The van der Waals surface area contributed by atoms with E-state index in [1.165, 1.54) is 13.8 Å². The highest BCUT2D eigenvalue weighted by Crippen LogP contribution is 2.17. The predicted octanol–water partition coefficient (Wildman–Crippen LogP) is 3.46. The summed E-state index contributed by atoms with van der Waals surface area (Å²) in [7, 11) is 0. The lowest BCUT2D eigenvalue weighted by Crippen LogP contribution is -2.14. The Hall–Kier alpha value is -0.210. The Labute approximate surface area is 72.2 Å². The summed E-state index contributed by atoms with van der Waals surface area (Å²) in [5.41, 5.74) is 0. The average Bonchev–Trinajstić information content (AvgIpc) is 1.96. The zero-order valence-electron chi connectivity index (χ0n) is 7.69. The molecule has 0 rings (SSSR count). The second-order valence-electron chi connectivity index (χ2n) is 3.30. The highest BCUT2D eigenvalue weighted by molar-refractivity contribution is 4.64.